The SMILES string of the molecule is CCNC(=NCCCN1CCC(O)CC1)NC(C)c1ccc2c(c1)CCCC2. The maximum Gasteiger partial charge on any atom is 0.191 e. The zero-order valence-electron chi connectivity index (χ0n) is 17.7. The van der Waals surface area contributed by atoms with Crippen molar-refractivity contribution in [3.05, 3.63) is 34.9 Å². The lowest BCUT2D eigenvalue weighted by Gasteiger charge is -2.29. The van der Waals surface area contributed by atoms with Crippen LogP contribution in [0.2, 0.25) is 0 Å². The molecule has 1 fully saturated rings. The number of guanidine groups is 1. The van der Waals surface area contributed by atoms with Gasteiger partial charge in [0.2, 0.25) is 0 Å². The number of aliphatic hydroxyl groups excluding tert-OH is 1. The van der Waals surface area contributed by atoms with E-state index in [-0.39, 0.29) is 12.1 Å². The van der Waals surface area contributed by atoms with Crippen molar-refractivity contribution in [2.24, 2.45) is 4.99 Å². The van der Waals surface area contributed by atoms with E-state index in [4.69, 9.17) is 4.99 Å². The van der Waals surface area contributed by atoms with Crippen molar-refractivity contribution in [3.63, 3.8) is 0 Å². The first-order chi connectivity index (χ1) is 13.7. The van der Waals surface area contributed by atoms with Gasteiger partial charge in [0.05, 0.1) is 12.1 Å². The molecule has 0 saturated carbocycles. The zero-order valence-corrected chi connectivity index (χ0v) is 17.7. The van der Waals surface area contributed by atoms with Gasteiger partial charge < -0.3 is 20.6 Å². The number of hydrogen-bond donors (Lipinski definition) is 3. The Morgan fingerprint density at radius 1 is 1.21 bits per heavy atom. The van der Waals surface area contributed by atoms with Gasteiger partial charge in [-0.25, -0.2) is 0 Å². The highest BCUT2D eigenvalue weighted by Gasteiger charge is 2.16. The van der Waals surface area contributed by atoms with Crippen LogP contribution in [0.1, 0.15) is 68.7 Å². The Balaban J connectivity index is 1.49. The monoisotopic (exact) mass is 386 g/mol. The molecule has 1 aliphatic heterocycles. The lowest BCUT2D eigenvalue weighted by molar-refractivity contribution is 0.0824. The molecule has 5 heteroatoms. The van der Waals surface area contributed by atoms with Gasteiger partial charge in [0.1, 0.15) is 0 Å². The summed E-state index contributed by atoms with van der Waals surface area (Å²) in [6.45, 7) is 9.11. The molecular formula is C23H38N4O. The Hall–Kier alpha value is -1.59. The predicted molar refractivity (Wildman–Crippen MR) is 117 cm³/mol. The lowest BCUT2D eigenvalue weighted by atomic mass is 9.89. The molecule has 1 saturated heterocycles. The molecule has 0 spiro atoms. The largest absolute Gasteiger partial charge is 0.393 e. The van der Waals surface area contributed by atoms with E-state index in [2.05, 4.69) is 47.6 Å². The molecular weight excluding hydrogens is 348 g/mol. The third kappa shape index (κ3) is 6.21. The lowest BCUT2D eigenvalue weighted by Crippen LogP contribution is -2.39. The van der Waals surface area contributed by atoms with Crippen molar-refractivity contribution in [2.75, 3.05) is 32.7 Å². The van der Waals surface area contributed by atoms with Crippen molar-refractivity contribution in [2.45, 2.75) is 70.9 Å². The summed E-state index contributed by atoms with van der Waals surface area (Å²) in [6.07, 6.45) is 7.88. The summed E-state index contributed by atoms with van der Waals surface area (Å²) in [4.78, 5) is 7.23. The topological polar surface area (TPSA) is 59.9 Å². The minimum Gasteiger partial charge on any atom is -0.393 e. The second-order valence-electron chi connectivity index (χ2n) is 8.29. The minimum absolute atomic E-state index is 0.0936. The first kappa shape index (κ1) is 21.1. The summed E-state index contributed by atoms with van der Waals surface area (Å²) in [6, 6.07) is 7.23. The fraction of sp³-hybridized carbons (Fsp3) is 0.696. The predicted octanol–water partition coefficient (Wildman–Crippen LogP) is 3.03. The van der Waals surface area contributed by atoms with E-state index in [1.807, 2.05) is 0 Å². The van der Waals surface area contributed by atoms with Crippen molar-refractivity contribution in [3.8, 4) is 0 Å². The zero-order chi connectivity index (χ0) is 19.8. The number of likely N-dealkylation sites (tertiary alicyclic amines) is 1. The number of hydrogen-bond acceptors (Lipinski definition) is 3. The van der Waals surface area contributed by atoms with E-state index in [1.165, 1.54) is 42.4 Å². The first-order valence-corrected chi connectivity index (χ1v) is 11.2. The van der Waals surface area contributed by atoms with E-state index < -0.39 is 0 Å². The second kappa shape index (κ2) is 10.8. The van der Waals surface area contributed by atoms with Gasteiger partial charge in [-0.1, -0.05) is 18.2 Å². The number of nitrogens with one attached hydrogen (secondary N) is 2. The van der Waals surface area contributed by atoms with Crippen LogP contribution in [-0.4, -0.2) is 54.8 Å². The Morgan fingerprint density at radius 3 is 2.71 bits per heavy atom. The van der Waals surface area contributed by atoms with Gasteiger partial charge >= 0.3 is 0 Å². The van der Waals surface area contributed by atoms with Crippen LogP contribution in [0, 0.1) is 0 Å². The maximum atomic E-state index is 9.61. The summed E-state index contributed by atoms with van der Waals surface area (Å²) in [7, 11) is 0. The molecule has 2 aliphatic rings. The van der Waals surface area contributed by atoms with Crippen molar-refractivity contribution in [1.82, 2.24) is 15.5 Å². The Bertz CT molecular complexity index is 637. The van der Waals surface area contributed by atoms with Crippen LogP contribution < -0.4 is 10.6 Å². The number of fused-ring (bicyclic) bond motifs is 1. The Labute approximate surface area is 170 Å². The van der Waals surface area contributed by atoms with Crippen LogP contribution in [0.25, 0.3) is 0 Å². The molecule has 1 unspecified atom stereocenters. The summed E-state index contributed by atoms with van der Waals surface area (Å²) in [5.74, 6) is 0.904. The normalized spacial score (nSPS) is 19.9. The van der Waals surface area contributed by atoms with E-state index in [1.54, 1.807) is 0 Å². The van der Waals surface area contributed by atoms with E-state index in [0.717, 1.165) is 57.9 Å². The summed E-state index contributed by atoms with van der Waals surface area (Å²) < 4.78 is 0. The number of aryl methyl sites for hydroxylation is 2. The molecule has 1 aliphatic carbocycles. The molecule has 28 heavy (non-hydrogen) atoms. The summed E-state index contributed by atoms with van der Waals surface area (Å²) in [5, 5.41) is 16.6. The van der Waals surface area contributed by atoms with Crippen molar-refractivity contribution < 1.29 is 5.11 Å². The quantitative estimate of drug-likeness (QED) is 0.383. The minimum atomic E-state index is -0.0936. The van der Waals surface area contributed by atoms with Crippen LogP contribution in [0.5, 0.6) is 0 Å². The van der Waals surface area contributed by atoms with Gasteiger partial charge in [0, 0.05) is 26.2 Å². The fourth-order valence-electron chi connectivity index (χ4n) is 4.26. The molecule has 1 atom stereocenters. The number of benzene rings is 1. The van der Waals surface area contributed by atoms with Gasteiger partial charge in [0.25, 0.3) is 0 Å². The third-order valence-corrected chi connectivity index (χ3v) is 6.03. The smallest absolute Gasteiger partial charge is 0.191 e. The number of aliphatic hydroxyl groups is 1. The molecule has 0 radical (unpaired) electrons. The van der Waals surface area contributed by atoms with Gasteiger partial charge in [-0.2, -0.15) is 0 Å². The highest BCUT2D eigenvalue weighted by atomic mass is 16.3. The maximum absolute atomic E-state index is 9.61. The second-order valence-corrected chi connectivity index (χ2v) is 8.29. The molecule has 1 aromatic carbocycles. The molecule has 5 nitrogen and oxygen atoms in total. The number of nitrogens with zero attached hydrogens (tertiary/aromatic N) is 2. The van der Waals surface area contributed by atoms with Crippen molar-refractivity contribution >= 4 is 5.96 Å². The van der Waals surface area contributed by atoms with Crippen LogP contribution in [0.15, 0.2) is 23.2 Å². The average Bonchev–Trinajstić information content (AvgIpc) is 2.72. The molecule has 1 heterocycles. The highest BCUT2D eigenvalue weighted by Crippen LogP contribution is 2.24. The molecule has 1 aromatic rings. The molecule has 3 rings (SSSR count). The standard InChI is InChI=1S/C23H38N4O/c1-3-24-23(25-13-6-14-27-15-11-22(28)12-16-27)26-18(2)20-10-9-19-7-4-5-8-21(19)17-20/h9-10,17-18,22,28H,3-8,11-16H2,1-2H3,(H2,24,25,26). The fourth-order valence-corrected chi connectivity index (χ4v) is 4.26. The third-order valence-electron chi connectivity index (χ3n) is 6.03. The first-order valence-electron chi connectivity index (χ1n) is 11.2. The van der Waals surface area contributed by atoms with Crippen LogP contribution in [0.3, 0.4) is 0 Å². The van der Waals surface area contributed by atoms with E-state index in [0.29, 0.717) is 0 Å². The van der Waals surface area contributed by atoms with Gasteiger partial charge in [-0.05, 0) is 82.0 Å². The van der Waals surface area contributed by atoms with Gasteiger partial charge in [0.15, 0.2) is 5.96 Å². The molecule has 156 valence electrons. The van der Waals surface area contributed by atoms with E-state index in [9.17, 15) is 5.11 Å². The van der Waals surface area contributed by atoms with Crippen molar-refractivity contribution in [1.29, 1.82) is 0 Å². The molecule has 0 bridgehead atoms. The van der Waals surface area contributed by atoms with Gasteiger partial charge in [-0.15, -0.1) is 0 Å². The van der Waals surface area contributed by atoms with Crippen LogP contribution in [0.4, 0.5) is 0 Å². The van der Waals surface area contributed by atoms with Gasteiger partial charge in [-0.3, -0.25) is 4.99 Å². The molecule has 0 aromatic heterocycles. The highest BCUT2D eigenvalue weighted by molar-refractivity contribution is 5.80. The summed E-state index contributed by atoms with van der Waals surface area (Å²) in [5.41, 5.74) is 4.41. The Morgan fingerprint density at radius 2 is 1.96 bits per heavy atom. The summed E-state index contributed by atoms with van der Waals surface area (Å²) >= 11 is 0. The number of rotatable bonds is 7. The Kier molecular flexibility index (Phi) is 8.16. The molecule has 3 N–H and O–H groups in total. The number of piperidine rings is 1. The van der Waals surface area contributed by atoms with E-state index >= 15 is 0 Å². The number of aliphatic imine (C=N–C) groups is 1. The van der Waals surface area contributed by atoms with Crippen LogP contribution in [-0.2, 0) is 12.8 Å². The average molecular weight is 387 g/mol. The van der Waals surface area contributed by atoms with Crippen LogP contribution >= 0.6 is 0 Å². The molecule has 0 amide bonds.